The van der Waals surface area contributed by atoms with E-state index >= 15 is 0 Å². The second kappa shape index (κ2) is 5.30. The van der Waals surface area contributed by atoms with Crippen LogP contribution in [0.1, 0.15) is 0 Å². The lowest BCUT2D eigenvalue weighted by atomic mass is 10.2. The van der Waals surface area contributed by atoms with E-state index in [2.05, 4.69) is 5.59 Å². The molecule has 2 rings (SSSR count). The molecule has 2 aromatic carbocycles. The van der Waals surface area contributed by atoms with Crippen molar-refractivity contribution in [1.29, 1.82) is 0 Å². The molecule has 0 unspecified atom stereocenters. The number of hydrogen-bond donors (Lipinski definition) is 1. The molecule has 0 aliphatic carbocycles. The fraction of sp³-hybridized carbons (Fsp3) is 0.0769. The van der Waals surface area contributed by atoms with Gasteiger partial charge in [0.05, 0.1) is 18.5 Å². The summed E-state index contributed by atoms with van der Waals surface area (Å²) in [5, 5.41) is 1.88. The van der Waals surface area contributed by atoms with Crippen molar-refractivity contribution in [3.63, 3.8) is 0 Å². The van der Waals surface area contributed by atoms with Gasteiger partial charge in [0.2, 0.25) is 0 Å². The summed E-state index contributed by atoms with van der Waals surface area (Å²) in [7, 11) is 1.60. The summed E-state index contributed by atoms with van der Waals surface area (Å²) in [6, 6.07) is 20.0. The summed E-state index contributed by atoms with van der Waals surface area (Å²) >= 11 is 0. The molecule has 0 atom stereocenters. The van der Waals surface area contributed by atoms with Crippen LogP contribution < -0.4 is 10.6 Å². The van der Waals surface area contributed by atoms with Gasteiger partial charge in [0.1, 0.15) is 0 Å². The van der Waals surface area contributed by atoms with Crippen molar-refractivity contribution >= 4 is 11.4 Å². The van der Waals surface area contributed by atoms with Gasteiger partial charge in [0.15, 0.2) is 0 Å². The first-order valence-corrected chi connectivity index (χ1v) is 5.10. The molecule has 0 aliphatic rings. The summed E-state index contributed by atoms with van der Waals surface area (Å²) in [6.07, 6.45) is 0. The molecule has 0 aromatic heterocycles. The van der Waals surface area contributed by atoms with Crippen molar-refractivity contribution in [2.45, 2.75) is 0 Å². The van der Waals surface area contributed by atoms with Crippen LogP contribution in [0.4, 0.5) is 11.4 Å². The Bertz CT molecular complexity index is 377. The molecule has 82 valence electrons. The summed E-state index contributed by atoms with van der Waals surface area (Å²) in [4.78, 5) is 4.99. The Morgan fingerprint density at radius 1 is 0.812 bits per heavy atom. The number of rotatable bonds is 4. The maximum absolute atomic E-state index is 4.99. The molecule has 1 N–H and O–H groups in total. The van der Waals surface area contributed by atoms with Crippen molar-refractivity contribution in [3.8, 4) is 0 Å². The third-order valence-corrected chi connectivity index (χ3v) is 2.21. The molecule has 0 bridgehead atoms. The summed E-state index contributed by atoms with van der Waals surface area (Å²) in [6.45, 7) is 0. The van der Waals surface area contributed by atoms with Crippen LogP contribution in [0.5, 0.6) is 0 Å². The number of anilines is 2. The number of hydrazine groups is 1. The van der Waals surface area contributed by atoms with E-state index in [0.29, 0.717) is 0 Å². The molecule has 0 amide bonds. The normalized spacial score (nSPS) is 10.1. The Balaban J connectivity index is 2.31. The Labute approximate surface area is 95.2 Å². The quantitative estimate of drug-likeness (QED) is 0.792. The predicted octanol–water partition coefficient (Wildman–Crippen LogP) is 2.89. The third kappa shape index (κ3) is 2.39. The fourth-order valence-corrected chi connectivity index (χ4v) is 1.50. The van der Waals surface area contributed by atoms with Crippen LogP contribution in [-0.4, -0.2) is 7.11 Å². The Morgan fingerprint density at radius 2 is 1.25 bits per heavy atom. The molecule has 0 spiro atoms. The van der Waals surface area contributed by atoms with Crippen LogP contribution >= 0.6 is 0 Å². The van der Waals surface area contributed by atoms with E-state index in [9.17, 15) is 0 Å². The highest BCUT2D eigenvalue weighted by atomic mass is 16.7. The van der Waals surface area contributed by atoms with E-state index in [0.717, 1.165) is 11.4 Å². The summed E-state index contributed by atoms with van der Waals surface area (Å²) in [5.74, 6) is 0. The molecule has 0 heterocycles. The maximum Gasteiger partial charge on any atom is 0.0600 e. The van der Waals surface area contributed by atoms with E-state index in [1.807, 2.05) is 65.7 Å². The third-order valence-electron chi connectivity index (χ3n) is 2.21. The molecule has 0 radical (unpaired) electrons. The SMILES string of the molecule is CONN(c1ccccc1)c1ccccc1. The fourth-order valence-electron chi connectivity index (χ4n) is 1.50. The van der Waals surface area contributed by atoms with Crippen molar-refractivity contribution in [1.82, 2.24) is 5.59 Å². The van der Waals surface area contributed by atoms with Gasteiger partial charge in [-0.15, -0.1) is 5.59 Å². The van der Waals surface area contributed by atoms with Crippen LogP contribution in [0.15, 0.2) is 60.7 Å². The maximum atomic E-state index is 4.99. The standard InChI is InChI=1S/C13H14N2O/c1-16-14-15(12-8-4-2-5-9-12)13-10-6-3-7-11-13/h2-11,14H,1H3. The second-order valence-electron chi connectivity index (χ2n) is 3.30. The molecule has 16 heavy (non-hydrogen) atoms. The van der Waals surface area contributed by atoms with E-state index in [1.54, 1.807) is 7.11 Å². The number of benzene rings is 2. The van der Waals surface area contributed by atoms with Crippen molar-refractivity contribution in [2.75, 3.05) is 12.1 Å². The van der Waals surface area contributed by atoms with Gasteiger partial charge in [-0.2, -0.15) is 0 Å². The van der Waals surface area contributed by atoms with Crippen molar-refractivity contribution < 1.29 is 4.84 Å². The number of para-hydroxylation sites is 2. The summed E-state index contributed by atoms with van der Waals surface area (Å²) < 4.78 is 0. The predicted molar refractivity (Wildman–Crippen MR) is 65.2 cm³/mol. The number of nitrogens with zero attached hydrogens (tertiary/aromatic N) is 1. The first-order chi connectivity index (χ1) is 7.92. The molecular weight excluding hydrogens is 200 g/mol. The van der Waals surface area contributed by atoms with Crippen LogP contribution in [0.25, 0.3) is 0 Å². The average Bonchev–Trinajstić information content (AvgIpc) is 2.38. The smallest absolute Gasteiger partial charge is 0.0600 e. The Kier molecular flexibility index (Phi) is 3.53. The lowest BCUT2D eigenvalue weighted by molar-refractivity contribution is 0.0921. The van der Waals surface area contributed by atoms with Gasteiger partial charge in [-0.05, 0) is 24.3 Å². The second-order valence-corrected chi connectivity index (χ2v) is 3.30. The molecule has 0 fully saturated rings. The first kappa shape index (κ1) is 10.7. The lowest BCUT2D eigenvalue weighted by Crippen LogP contribution is -2.32. The number of nitrogens with one attached hydrogen (secondary N) is 1. The highest BCUT2D eigenvalue weighted by Crippen LogP contribution is 2.22. The Hall–Kier alpha value is -1.84. The highest BCUT2D eigenvalue weighted by Gasteiger charge is 2.06. The lowest BCUT2D eigenvalue weighted by Gasteiger charge is -2.23. The van der Waals surface area contributed by atoms with E-state index in [-0.39, 0.29) is 0 Å². The minimum atomic E-state index is 1.02. The summed E-state index contributed by atoms with van der Waals surface area (Å²) in [5.41, 5.74) is 4.90. The van der Waals surface area contributed by atoms with E-state index in [4.69, 9.17) is 4.84 Å². The van der Waals surface area contributed by atoms with Gasteiger partial charge in [-0.3, -0.25) is 9.85 Å². The van der Waals surface area contributed by atoms with Crippen LogP contribution in [-0.2, 0) is 4.84 Å². The van der Waals surface area contributed by atoms with Gasteiger partial charge < -0.3 is 0 Å². The van der Waals surface area contributed by atoms with Gasteiger partial charge in [-0.25, -0.2) is 0 Å². The highest BCUT2D eigenvalue weighted by molar-refractivity contribution is 5.61. The molecule has 0 saturated carbocycles. The van der Waals surface area contributed by atoms with Gasteiger partial charge in [0, 0.05) is 0 Å². The van der Waals surface area contributed by atoms with Gasteiger partial charge >= 0.3 is 0 Å². The number of hydrogen-bond acceptors (Lipinski definition) is 3. The van der Waals surface area contributed by atoms with E-state index in [1.165, 1.54) is 0 Å². The minimum absolute atomic E-state index is 1.02. The minimum Gasteiger partial charge on any atom is -0.285 e. The van der Waals surface area contributed by atoms with Crippen LogP contribution in [0.2, 0.25) is 0 Å². The van der Waals surface area contributed by atoms with Crippen molar-refractivity contribution in [2.24, 2.45) is 0 Å². The zero-order chi connectivity index (χ0) is 11.2. The molecular formula is C13H14N2O. The molecule has 0 saturated heterocycles. The Morgan fingerprint density at radius 3 is 1.62 bits per heavy atom. The average molecular weight is 214 g/mol. The largest absolute Gasteiger partial charge is 0.285 e. The molecule has 3 nitrogen and oxygen atoms in total. The first-order valence-electron chi connectivity index (χ1n) is 5.10. The zero-order valence-electron chi connectivity index (χ0n) is 9.13. The van der Waals surface area contributed by atoms with Crippen LogP contribution in [0.3, 0.4) is 0 Å². The molecule has 2 aromatic rings. The topological polar surface area (TPSA) is 24.5 Å². The van der Waals surface area contributed by atoms with Gasteiger partial charge in [0.25, 0.3) is 0 Å². The van der Waals surface area contributed by atoms with Crippen LogP contribution in [0, 0.1) is 0 Å². The molecule has 3 heteroatoms. The van der Waals surface area contributed by atoms with E-state index < -0.39 is 0 Å². The zero-order valence-corrected chi connectivity index (χ0v) is 9.13. The van der Waals surface area contributed by atoms with Gasteiger partial charge in [-0.1, -0.05) is 36.4 Å². The molecule has 0 aliphatic heterocycles. The van der Waals surface area contributed by atoms with Crippen molar-refractivity contribution in [3.05, 3.63) is 60.7 Å². The monoisotopic (exact) mass is 214 g/mol.